The lowest BCUT2D eigenvalue weighted by molar-refractivity contribution is 0.262. The highest BCUT2D eigenvalue weighted by Gasteiger charge is 2.05. The van der Waals surface area contributed by atoms with E-state index in [2.05, 4.69) is 26.6 Å². The second-order valence-electron chi connectivity index (χ2n) is 4.43. The van der Waals surface area contributed by atoms with E-state index in [4.69, 9.17) is 0 Å². The number of amides is 2. The van der Waals surface area contributed by atoms with Gasteiger partial charge in [-0.3, -0.25) is 0 Å². The van der Waals surface area contributed by atoms with Gasteiger partial charge in [-0.25, -0.2) is 4.79 Å². The van der Waals surface area contributed by atoms with E-state index in [1.54, 1.807) is 0 Å². The van der Waals surface area contributed by atoms with Crippen LogP contribution < -0.4 is 10.6 Å². The van der Waals surface area contributed by atoms with Crippen molar-refractivity contribution < 1.29 is 4.79 Å². The summed E-state index contributed by atoms with van der Waals surface area (Å²) >= 11 is 3.43. The van der Waals surface area contributed by atoms with Crippen LogP contribution in [0.15, 0.2) is 46.9 Å². The summed E-state index contributed by atoms with van der Waals surface area (Å²) in [6, 6.07) is 13.2. The molecule has 0 saturated carbocycles. The molecule has 4 heteroatoms. The minimum atomic E-state index is -0.256. The van der Waals surface area contributed by atoms with E-state index in [1.807, 2.05) is 56.3 Å². The summed E-state index contributed by atoms with van der Waals surface area (Å²) < 4.78 is 0.867. The average molecular weight is 319 g/mol. The van der Waals surface area contributed by atoms with E-state index in [9.17, 15) is 4.79 Å². The summed E-state index contributed by atoms with van der Waals surface area (Å²) in [4.78, 5) is 11.9. The maximum Gasteiger partial charge on any atom is 0.323 e. The van der Waals surface area contributed by atoms with Gasteiger partial charge < -0.3 is 10.6 Å². The van der Waals surface area contributed by atoms with E-state index >= 15 is 0 Å². The molecule has 0 aliphatic carbocycles. The maximum absolute atomic E-state index is 11.9. The molecule has 0 unspecified atom stereocenters. The molecule has 0 heterocycles. The van der Waals surface area contributed by atoms with Gasteiger partial charge in [0, 0.05) is 10.2 Å². The average Bonchev–Trinajstić information content (AvgIpc) is 2.36. The zero-order chi connectivity index (χ0) is 13.8. The molecule has 2 aromatic carbocycles. The first-order valence-corrected chi connectivity index (χ1v) is 6.75. The highest BCUT2D eigenvalue weighted by atomic mass is 79.9. The summed E-state index contributed by atoms with van der Waals surface area (Å²) in [5, 5.41) is 5.59. The van der Waals surface area contributed by atoms with Gasteiger partial charge in [0.05, 0.1) is 5.69 Å². The second-order valence-corrected chi connectivity index (χ2v) is 5.28. The predicted octanol–water partition coefficient (Wildman–Crippen LogP) is 4.71. The topological polar surface area (TPSA) is 41.1 Å². The Hall–Kier alpha value is -1.81. The van der Waals surface area contributed by atoms with Gasteiger partial charge in [-0.05, 0) is 59.6 Å². The molecule has 0 spiro atoms. The van der Waals surface area contributed by atoms with Crippen LogP contribution in [0.1, 0.15) is 11.1 Å². The number of carbonyl (C=O) groups is 1. The quantitative estimate of drug-likeness (QED) is 0.827. The Balaban J connectivity index is 2.03. The molecule has 0 saturated heterocycles. The number of hydrogen-bond acceptors (Lipinski definition) is 1. The lowest BCUT2D eigenvalue weighted by Crippen LogP contribution is -2.19. The van der Waals surface area contributed by atoms with E-state index in [1.165, 1.54) is 0 Å². The van der Waals surface area contributed by atoms with Gasteiger partial charge in [0.1, 0.15) is 0 Å². The van der Waals surface area contributed by atoms with Gasteiger partial charge >= 0.3 is 6.03 Å². The van der Waals surface area contributed by atoms with E-state index in [0.717, 1.165) is 27.0 Å². The van der Waals surface area contributed by atoms with Crippen molar-refractivity contribution in [1.82, 2.24) is 0 Å². The lowest BCUT2D eigenvalue weighted by atomic mass is 10.2. The van der Waals surface area contributed by atoms with Crippen molar-refractivity contribution in [3.05, 3.63) is 58.1 Å². The molecular formula is C15H15BrN2O. The molecular weight excluding hydrogens is 304 g/mol. The third kappa shape index (κ3) is 3.83. The predicted molar refractivity (Wildman–Crippen MR) is 82.7 cm³/mol. The van der Waals surface area contributed by atoms with Crippen LogP contribution >= 0.6 is 15.9 Å². The number of halogens is 1. The molecule has 19 heavy (non-hydrogen) atoms. The van der Waals surface area contributed by atoms with Crippen LogP contribution in [0, 0.1) is 13.8 Å². The van der Waals surface area contributed by atoms with E-state index < -0.39 is 0 Å². The monoisotopic (exact) mass is 318 g/mol. The Morgan fingerprint density at radius 3 is 2.21 bits per heavy atom. The molecule has 0 bridgehead atoms. The fourth-order valence-corrected chi connectivity index (χ4v) is 2.24. The van der Waals surface area contributed by atoms with Crippen molar-refractivity contribution in [1.29, 1.82) is 0 Å². The van der Waals surface area contributed by atoms with Crippen LogP contribution in [0.2, 0.25) is 0 Å². The van der Waals surface area contributed by atoms with Crippen LogP contribution in [-0.2, 0) is 0 Å². The normalized spacial score (nSPS) is 10.1. The molecule has 0 aliphatic heterocycles. The molecule has 2 N–H and O–H groups in total. The minimum Gasteiger partial charge on any atom is -0.308 e. The second kappa shape index (κ2) is 5.89. The third-order valence-corrected chi connectivity index (χ3v) is 3.34. The minimum absolute atomic E-state index is 0.256. The Kier molecular flexibility index (Phi) is 4.22. The molecule has 2 amide bonds. The summed E-state index contributed by atoms with van der Waals surface area (Å²) in [7, 11) is 0. The maximum atomic E-state index is 11.9. The summed E-state index contributed by atoms with van der Waals surface area (Å²) in [6.07, 6.45) is 0. The Labute approximate surface area is 121 Å². The summed E-state index contributed by atoms with van der Waals surface area (Å²) in [6.45, 7) is 4.01. The van der Waals surface area contributed by atoms with Crippen LogP contribution in [0.25, 0.3) is 0 Å². The molecule has 0 aromatic heterocycles. The fourth-order valence-electron chi connectivity index (χ4n) is 1.64. The van der Waals surface area contributed by atoms with Gasteiger partial charge in [-0.2, -0.15) is 0 Å². The number of benzene rings is 2. The number of rotatable bonds is 2. The van der Waals surface area contributed by atoms with Crippen molar-refractivity contribution in [2.75, 3.05) is 10.6 Å². The molecule has 0 atom stereocenters. The third-order valence-electron chi connectivity index (χ3n) is 2.68. The van der Waals surface area contributed by atoms with Crippen LogP contribution in [-0.4, -0.2) is 6.03 Å². The van der Waals surface area contributed by atoms with Gasteiger partial charge in [-0.1, -0.05) is 23.8 Å². The summed E-state index contributed by atoms with van der Waals surface area (Å²) in [5.74, 6) is 0. The molecule has 0 radical (unpaired) electrons. The highest BCUT2D eigenvalue weighted by Crippen LogP contribution is 2.23. The smallest absolute Gasteiger partial charge is 0.308 e. The molecule has 2 aromatic rings. The zero-order valence-corrected chi connectivity index (χ0v) is 12.4. The van der Waals surface area contributed by atoms with Crippen LogP contribution in [0.3, 0.4) is 0 Å². The van der Waals surface area contributed by atoms with E-state index in [-0.39, 0.29) is 6.03 Å². The van der Waals surface area contributed by atoms with Crippen molar-refractivity contribution in [2.24, 2.45) is 0 Å². The van der Waals surface area contributed by atoms with Crippen molar-refractivity contribution in [3.63, 3.8) is 0 Å². The first-order valence-electron chi connectivity index (χ1n) is 5.95. The van der Waals surface area contributed by atoms with Crippen LogP contribution in [0.4, 0.5) is 16.2 Å². The van der Waals surface area contributed by atoms with Gasteiger partial charge in [-0.15, -0.1) is 0 Å². The highest BCUT2D eigenvalue weighted by molar-refractivity contribution is 9.10. The van der Waals surface area contributed by atoms with Crippen molar-refractivity contribution in [2.45, 2.75) is 13.8 Å². The first kappa shape index (κ1) is 13.6. The molecule has 3 nitrogen and oxygen atoms in total. The number of anilines is 2. The van der Waals surface area contributed by atoms with Gasteiger partial charge in [0.15, 0.2) is 0 Å². The molecule has 0 aliphatic rings. The zero-order valence-electron chi connectivity index (χ0n) is 10.8. The number of urea groups is 1. The van der Waals surface area contributed by atoms with Crippen molar-refractivity contribution >= 4 is 33.3 Å². The Morgan fingerprint density at radius 2 is 1.58 bits per heavy atom. The SMILES string of the molecule is Cc1ccc(NC(=O)Nc2ccc(C)cc2Br)cc1. The first-order chi connectivity index (χ1) is 9.04. The largest absolute Gasteiger partial charge is 0.323 e. The standard InChI is InChI=1S/C15H15BrN2O/c1-10-3-6-12(7-4-10)17-15(19)18-14-8-5-11(2)9-13(14)16/h3-9H,1-2H3,(H2,17,18,19). The molecule has 0 fully saturated rings. The molecule has 2 rings (SSSR count). The van der Waals surface area contributed by atoms with E-state index in [0.29, 0.717) is 0 Å². The number of carbonyl (C=O) groups excluding carboxylic acids is 1. The number of hydrogen-bond donors (Lipinski definition) is 2. The fraction of sp³-hybridized carbons (Fsp3) is 0.133. The molecule has 98 valence electrons. The Morgan fingerprint density at radius 1 is 0.947 bits per heavy atom. The number of nitrogens with one attached hydrogen (secondary N) is 2. The van der Waals surface area contributed by atoms with Gasteiger partial charge in [0.25, 0.3) is 0 Å². The lowest BCUT2D eigenvalue weighted by Gasteiger charge is -2.09. The summed E-state index contributed by atoms with van der Waals surface area (Å²) in [5.41, 5.74) is 3.81. The van der Waals surface area contributed by atoms with Crippen molar-refractivity contribution in [3.8, 4) is 0 Å². The van der Waals surface area contributed by atoms with Crippen LogP contribution in [0.5, 0.6) is 0 Å². The number of aryl methyl sites for hydroxylation is 2. The Bertz CT molecular complexity index is 594. The van der Waals surface area contributed by atoms with Gasteiger partial charge in [0.2, 0.25) is 0 Å².